The minimum atomic E-state index is -0.787. The summed E-state index contributed by atoms with van der Waals surface area (Å²) in [6.45, 7) is 5.89. The number of nitrogens with zero attached hydrogens (tertiary/aromatic N) is 2. The van der Waals surface area contributed by atoms with Gasteiger partial charge in [-0.15, -0.1) is 11.3 Å². The summed E-state index contributed by atoms with van der Waals surface area (Å²) in [5, 5.41) is 14.9. The number of anilines is 1. The van der Waals surface area contributed by atoms with Crippen LogP contribution in [0.25, 0.3) is 0 Å². The molecular formula is C21H28F2N4O3S. The number of likely N-dealkylation sites (N-methyl/N-ethyl adjacent to an activating group) is 1. The van der Waals surface area contributed by atoms with E-state index < -0.39 is 29.5 Å². The molecule has 2 aromatic rings. The van der Waals surface area contributed by atoms with Crippen molar-refractivity contribution in [3.63, 3.8) is 0 Å². The largest absolute Gasteiger partial charge is 0.395 e. The summed E-state index contributed by atoms with van der Waals surface area (Å²) in [6, 6.07) is 2.13. The number of aliphatic hydroxyl groups excluding tert-OH is 1. The molecule has 31 heavy (non-hydrogen) atoms. The highest BCUT2D eigenvalue weighted by molar-refractivity contribution is 7.15. The molecular weight excluding hydrogens is 426 g/mol. The summed E-state index contributed by atoms with van der Waals surface area (Å²) in [5.41, 5.74) is 0.193. The van der Waals surface area contributed by atoms with Crippen molar-refractivity contribution in [3.8, 4) is 0 Å². The van der Waals surface area contributed by atoms with Gasteiger partial charge in [0.25, 0.3) is 0 Å². The molecule has 0 saturated carbocycles. The SMILES string of the molecule is CCCC(NC(=O)Cc1cc(F)cc(F)c1)C(=O)Nc1ncc(CN(CC)CCO)s1. The first kappa shape index (κ1) is 24.8. The Morgan fingerprint density at radius 1 is 1.23 bits per heavy atom. The Hall–Kier alpha value is -2.43. The third-order valence-corrected chi connectivity index (χ3v) is 5.44. The molecule has 0 saturated heterocycles. The number of halogens is 2. The average molecular weight is 455 g/mol. The smallest absolute Gasteiger partial charge is 0.248 e. The van der Waals surface area contributed by atoms with Crippen molar-refractivity contribution in [2.45, 2.75) is 45.7 Å². The third kappa shape index (κ3) is 8.31. The minimum absolute atomic E-state index is 0.0664. The van der Waals surface area contributed by atoms with Crippen molar-refractivity contribution < 1.29 is 23.5 Å². The predicted octanol–water partition coefficient (Wildman–Crippen LogP) is 2.70. The maximum Gasteiger partial charge on any atom is 0.248 e. The molecule has 7 nitrogen and oxygen atoms in total. The molecule has 0 fully saturated rings. The Labute approximate surface area is 184 Å². The minimum Gasteiger partial charge on any atom is -0.395 e. The van der Waals surface area contributed by atoms with Gasteiger partial charge in [0.1, 0.15) is 17.7 Å². The zero-order valence-electron chi connectivity index (χ0n) is 17.7. The Kier molecular flexibility index (Phi) is 9.96. The quantitative estimate of drug-likeness (QED) is 0.459. The van der Waals surface area contributed by atoms with Crippen molar-refractivity contribution in [1.82, 2.24) is 15.2 Å². The molecule has 0 bridgehead atoms. The number of amides is 2. The van der Waals surface area contributed by atoms with Crippen molar-refractivity contribution in [1.29, 1.82) is 0 Å². The molecule has 170 valence electrons. The Morgan fingerprint density at radius 2 is 1.94 bits per heavy atom. The van der Waals surface area contributed by atoms with E-state index >= 15 is 0 Å². The number of hydrogen-bond acceptors (Lipinski definition) is 6. The monoisotopic (exact) mass is 454 g/mol. The van der Waals surface area contributed by atoms with E-state index in [4.69, 9.17) is 5.11 Å². The molecule has 0 aliphatic carbocycles. The number of rotatable bonds is 12. The van der Waals surface area contributed by atoms with Crippen LogP contribution in [0.1, 0.15) is 37.1 Å². The summed E-state index contributed by atoms with van der Waals surface area (Å²) < 4.78 is 26.6. The van der Waals surface area contributed by atoms with Crippen LogP contribution in [0.15, 0.2) is 24.4 Å². The van der Waals surface area contributed by atoms with Gasteiger partial charge >= 0.3 is 0 Å². The predicted molar refractivity (Wildman–Crippen MR) is 116 cm³/mol. The fourth-order valence-corrected chi connectivity index (χ4v) is 3.90. The fourth-order valence-electron chi connectivity index (χ4n) is 3.04. The number of benzene rings is 1. The second-order valence-corrected chi connectivity index (χ2v) is 8.19. The van der Waals surface area contributed by atoms with Crippen LogP contribution in [-0.4, -0.2) is 52.5 Å². The van der Waals surface area contributed by atoms with Crippen molar-refractivity contribution in [2.24, 2.45) is 0 Å². The zero-order valence-corrected chi connectivity index (χ0v) is 18.5. The molecule has 1 aromatic carbocycles. The number of aliphatic hydroxyl groups is 1. The van der Waals surface area contributed by atoms with E-state index in [1.807, 2.05) is 13.8 Å². The Bertz CT molecular complexity index is 858. The molecule has 10 heteroatoms. The third-order valence-electron chi connectivity index (χ3n) is 4.54. The average Bonchev–Trinajstić information content (AvgIpc) is 3.13. The van der Waals surface area contributed by atoms with Gasteiger partial charge in [0.2, 0.25) is 11.8 Å². The van der Waals surface area contributed by atoms with E-state index in [9.17, 15) is 18.4 Å². The van der Waals surface area contributed by atoms with Crippen LogP contribution in [0, 0.1) is 11.6 Å². The second-order valence-electron chi connectivity index (χ2n) is 7.08. The van der Waals surface area contributed by atoms with Crippen LogP contribution in [0.2, 0.25) is 0 Å². The highest BCUT2D eigenvalue weighted by Gasteiger charge is 2.21. The summed E-state index contributed by atoms with van der Waals surface area (Å²) in [4.78, 5) is 32.2. The number of nitrogens with one attached hydrogen (secondary N) is 2. The molecule has 0 spiro atoms. The van der Waals surface area contributed by atoms with Crippen molar-refractivity contribution in [3.05, 3.63) is 46.5 Å². The van der Waals surface area contributed by atoms with Crippen LogP contribution in [0.3, 0.4) is 0 Å². The number of carbonyl (C=O) groups is 2. The van der Waals surface area contributed by atoms with Crippen LogP contribution < -0.4 is 10.6 Å². The van der Waals surface area contributed by atoms with Crippen molar-refractivity contribution in [2.75, 3.05) is 25.0 Å². The van der Waals surface area contributed by atoms with Gasteiger partial charge in [0.05, 0.1) is 13.0 Å². The molecule has 2 rings (SSSR count). The molecule has 0 aliphatic heterocycles. The lowest BCUT2D eigenvalue weighted by molar-refractivity contribution is -0.126. The molecule has 1 unspecified atom stereocenters. The van der Waals surface area contributed by atoms with Crippen LogP contribution in [0.5, 0.6) is 0 Å². The van der Waals surface area contributed by atoms with E-state index in [-0.39, 0.29) is 18.6 Å². The summed E-state index contributed by atoms with van der Waals surface area (Å²) in [6.07, 6.45) is 2.50. The first-order valence-corrected chi connectivity index (χ1v) is 11.0. The van der Waals surface area contributed by atoms with E-state index in [0.717, 1.165) is 29.6 Å². The Morgan fingerprint density at radius 3 is 2.55 bits per heavy atom. The molecule has 0 aliphatic rings. The summed E-state index contributed by atoms with van der Waals surface area (Å²) in [5.74, 6) is -2.41. The molecule has 2 amide bonds. The van der Waals surface area contributed by atoms with Gasteiger partial charge in [-0.2, -0.15) is 0 Å². The van der Waals surface area contributed by atoms with Crippen LogP contribution in [-0.2, 0) is 22.6 Å². The van der Waals surface area contributed by atoms with Crippen LogP contribution in [0.4, 0.5) is 13.9 Å². The van der Waals surface area contributed by atoms with Gasteiger partial charge < -0.3 is 15.7 Å². The maximum atomic E-state index is 13.3. The molecule has 1 aromatic heterocycles. The molecule has 1 atom stereocenters. The standard InChI is InChI=1S/C21H28F2N4O3S/c1-3-5-18(25-19(29)10-14-8-15(22)11-16(23)9-14)20(30)26-21-24-12-17(31-21)13-27(4-2)6-7-28/h8-9,11-12,18,28H,3-7,10,13H2,1-2H3,(H,25,29)(H,24,26,30). The first-order valence-electron chi connectivity index (χ1n) is 10.2. The topological polar surface area (TPSA) is 94.6 Å². The van der Waals surface area contributed by atoms with Gasteiger partial charge in [-0.3, -0.25) is 14.5 Å². The normalized spacial score (nSPS) is 12.1. The Balaban J connectivity index is 1.96. The van der Waals surface area contributed by atoms with E-state index in [1.165, 1.54) is 11.3 Å². The van der Waals surface area contributed by atoms with Gasteiger partial charge in [-0.05, 0) is 30.7 Å². The highest BCUT2D eigenvalue weighted by Crippen LogP contribution is 2.20. The first-order chi connectivity index (χ1) is 14.8. The molecule has 3 N–H and O–H groups in total. The van der Waals surface area contributed by atoms with Gasteiger partial charge in [-0.1, -0.05) is 20.3 Å². The van der Waals surface area contributed by atoms with Crippen LogP contribution >= 0.6 is 11.3 Å². The summed E-state index contributed by atoms with van der Waals surface area (Å²) >= 11 is 1.33. The van der Waals surface area contributed by atoms with E-state index in [2.05, 4.69) is 20.5 Å². The summed E-state index contributed by atoms with van der Waals surface area (Å²) in [7, 11) is 0. The van der Waals surface area contributed by atoms with Crippen molar-refractivity contribution >= 4 is 28.3 Å². The number of carbonyl (C=O) groups excluding carboxylic acids is 2. The number of aromatic nitrogens is 1. The molecule has 1 heterocycles. The molecule has 0 radical (unpaired) electrons. The zero-order chi connectivity index (χ0) is 22.8. The second kappa shape index (κ2) is 12.4. The fraction of sp³-hybridized carbons (Fsp3) is 0.476. The van der Waals surface area contributed by atoms with Gasteiger partial charge in [0, 0.05) is 30.2 Å². The number of thiazole rings is 1. The maximum absolute atomic E-state index is 13.3. The lowest BCUT2D eigenvalue weighted by Crippen LogP contribution is -2.44. The number of hydrogen-bond donors (Lipinski definition) is 3. The lowest BCUT2D eigenvalue weighted by Gasteiger charge is -2.18. The highest BCUT2D eigenvalue weighted by atomic mass is 32.1. The van der Waals surface area contributed by atoms with Gasteiger partial charge in [-0.25, -0.2) is 13.8 Å². The van der Waals surface area contributed by atoms with E-state index in [0.29, 0.717) is 31.1 Å². The van der Waals surface area contributed by atoms with E-state index in [1.54, 1.807) is 6.20 Å². The lowest BCUT2D eigenvalue weighted by atomic mass is 10.1. The van der Waals surface area contributed by atoms with Gasteiger partial charge in [0.15, 0.2) is 5.13 Å².